The Kier molecular flexibility index (Phi) is 4.15. The number of imide groups is 1. The number of nitrogens with one attached hydrogen (secondary N) is 3. The molecule has 0 unspecified atom stereocenters. The van der Waals surface area contributed by atoms with Gasteiger partial charge < -0.3 is 0 Å². The largest absolute Gasteiger partial charge is 0.416 e. The highest BCUT2D eigenvalue weighted by atomic mass is 19.4. The van der Waals surface area contributed by atoms with E-state index in [0.717, 1.165) is 12.1 Å². The lowest BCUT2D eigenvalue weighted by Gasteiger charge is -2.08. The van der Waals surface area contributed by atoms with Crippen LogP contribution in [0.15, 0.2) is 30.3 Å². The minimum Gasteiger partial charge on any atom is -0.291 e. The van der Waals surface area contributed by atoms with Crippen molar-refractivity contribution in [1.29, 1.82) is 0 Å². The highest BCUT2D eigenvalue weighted by Gasteiger charge is 2.31. The molecular formula is C13H11F3N4O2. The van der Waals surface area contributed by atoms with Gasteiger partial charge in [0.15, 0.2) is 5.82 Å². The molecule has 1 aromatic heterocycles. The maximum atomic E-state index is 12.6. The van der Waals surface area contributed by atoms with Gasteiger partial charge in [-0.05, 0) is 25.1 Å². The van der Waals surface area contributed by atoms with Crippen molar-refractivity contribution in [3.63, 3.8) is 0 Å². The maximum absolute atomic E-state index is 12.6. The highest BCUT2D eigenvalue weighted by molar-refractivity contribution is 6.07. The molecule has 1 aromatic carbocycles. The minimum atomic E-state index is -4.56. The molecule has 0 fully saturated rings. The fourth-order valence-electron chi connectivity index (χ4n) is 1.64. The zero-order chi connectivity index (χ0) is 16.3. The van der Waals surface area contributed by atoms with Gasteiger partial charge in [-0.25, -0.2) is 4.79 Å². The summed E-state index contributed by atoms with van der Waals surface area (Å²) in [5, 5.41) is 10.5. The minimum absolute atomic E-state index is 0.187. The number of amides is 3. The SMILES string of the molecule is Cc1cc(NC(=O)NC(=O)c2cccc(C(F)(F)F)c2)n[nH]1. The number of halogens is 3. The zero-order valence-corrected chi connectivity index (χ0v) is 11.3. The smallest absolute Gasteiger partial charge is 0.291 e. The highest BCUT2D eigenvalue weighted by Crippen LogP contribution is 2.29. The van der Waals surface area contributed by atoms with Gasteiger partial charge >= 0.3 is 12.2 Å². The first kappa shape index (κ1) is 15.5. The number of aromatic nitrogens is 2. The summed E-state index contributed by atoms with van der Waals surface area (Å²) in [6, 6.07) is 4.40. The van der Waals surface area contributed by atoms with E-state index in [2.05, 4.69) is 15.5 Å². The Hall–Kier alpha value is -2.84. The van der Waals surface area contributed by atoms with E-state index in [1.165, 1.54) is 12.1 Å². The molecule has 0 spiro atoms. The van der Waals surface area contributed by atoms with Crippen LogP contribution < -0.4 is 10.6 Å². The van der Waals surface area contributed by atoms with Crippen LogP contribution in [0.5, 0.6) is 0 Å². The van der Waals surface area contributed by atoms with Gasteiger partial charge in [0.25, 0.3) is 5.91 Å². The monoisotopic (exact) mass is 312 g/mol. The molecule has 0 saturated heterocycles. The van der Waals surface area contributed by atoms with Gasteiger partial charge in [0.1, 0.15) is 0 Å². The van der Waals surface area contributed by atoms with Crippen molar-refractivity contribution >= 4 is 17.8 Å². The number of aromatic amines is 1. The van der Waals surface area contributed by atoms with Gasteiger partial charge in [0, 0.05) is 17.3 Å². The molecule has 0 saturated carbocycles. The lowest BCUT2D eigenvalue weighted by atomic mass is 10.1. The Morgan fingerprint density at radius 2 is 1.95 bits per heavy atom. The summed E-state index contributed by atoms with van der Waals surface area (Å²) in [6.45, 7) is 1.71. The third-order valence-corrected chi connectivity index (χ3v) is 2.63. The van der Waals surface area contributed by atoms with Crippen LogP contribution in [-0.2, 0) is 6.18 Å². The molecule has 6 nitrogen and oxygen atoms in total. The Bertz CT molecular complexity index is 709. The van der Waals surface area contributed by atoms with E-state index in [1.54, 1.807) is 6.92 Å². The lowest BCUT2D eigenvalue weighted by Crippen LogP contribution is -2.34. The van der Waals surface area contributed by atoms with Crippen molar-refractivity contribution < 1.29 is 22.8 Å². The number of carbonyl (C=O) groups excluding carboxylic acids is 2. The maximum Gasteiger partial charge on any atom is 0.416 e. The Morgan fingerprint density at radius 3 is 2.55 bits per heavy atom. The molecule has 116 valence electrons. The van der Waals surface area contributed by atoms with E-state index in [0.29, 0.717) is 11.8 Å². The predicted molar refractivity (Wildman–Crippen MR) is 71.3 cm³/mol. The van der Waals surface area contributed by atoms with Crippen molar-refractivity contribution in [2.75, 3.05) is 5.32 Å². The van der Waals surface area contributed by atoms with E-state index in [9.17, 15) is 22.8 Å². The number of H-pyrrole nitrogens is 1. The topological polar surface area (TPSA) is 86.9 Å². The van der Waals surface area contributed by atoms with Gasteiger partial charge in [0.05, 0.1) is 5.56 Å². The molecule has 0 aliphatic heterocycles. The molecule has 2 aromatic rings. The number of nitrogens with zero attached hydrogens (tertiary/aromatic N) is 1. The predicted octanol–water partition coefficient (Wildman–Crippen LogP) is 2.70. The second-order valence-electron chi connectivity index (χ2n) is 4.42. The molecule has 0 atom stereocenters. The third-order valence-electron chi connectivity index (χ3n) is 2.63. The van der Waals surface area contributed by atoms with Crippen molar-refractivity contribution in [3.05, 3.63) is 47.2 Å². The number of rotatable bonds is 2. The number of benzene rings is 1. The molecule has 9 heteroatoms. The summed E-state index contributed by atoms with van der Waals surface area (Å²) >= 11 is 0. The lowest BCUT2D eigenvalue weighted by molar-refractivity contribution is -0.137. The molecular weight excluding hydrogens is 301 g/mol. The van der Waals surface area contributed by atoms with Crippen molar-refractivity contribution in [3.8, 4) is 0 Å². The number of carbonyl (C=O) groups is 2. The van der Waals surface area contributed by atoms with Gasteiger partial charge in [0.2, 0.25) is 0 Å². The first-order valence-electron chi connectivity index (χ1n) is 6.07. The van der Waals surface area contributed by atoms with Crippen molar-refractivity contribution in [2.45, 2.75) is 13.1 Å². The van der Waals surface area contributed by atoms with Crippen molar-refractivity contribution in [2.24, 2.45) is 0 Å². The van der Waals surface area contributed by atoms with Gasteiger partial charge in [-0.15, -0.1) is 0 Å². The van der Waals surface area contributed by atoms with Crippen LogP contribution in [0.2, 0.25) is 0 Å². The Balaban J connectivity index is 2.04. The van der Waals surface area contributed by atoms with Crippen LogP contribution in [-0.4, -0.2) is 22.1 Å². The second-order valence-corrected chi connectivity index (χ2v) is 4.42. The molecule has 1 heterocycles. The van der Waals surface area contributed by atoms with Crippen LogP contribution >= 0.6 is 0 Å². The van der Waals surface area contributed by atoms with Gasteiger partial charge in [-0.3, -0.25) is 20.5 Å². The Labute approximate surface area is 122 Å². The number of hydrogen-bond acceptors (Lipinski definition) is 3. The van der Waals surface area contributed by atoms with Gasteiger partial charge in [-0.1, -0.05) is 6.07 Å². The van der Waals surface area contributed by atoms with Crippen LogP contribution in [0.25, 0.3) is 0 Å². The number of hydrogen-bond donors (Lipinski definition) is 3. The number of aryl methyl sites for hydroxylation is 1. The quantitative estimate of drug-likeness (QED) is 0.797. The first-order chi connectivity index (χ1) is 10.3. The van der Waals surface area contributed by atoms with Crippen LogP contribution in [0.3, 0.4) is 0 Å². The van der Waals surface area contributed by atoms with Crippen LogP contribution in [0.1, 0.15) is 21.6 Å². The summed E-state index contributed by atoms with van der Waals surface area (Å²) in [5.41, 5.74) is -0.550. The summed E-state index contributed by atoms with van der Waals surface area (Å²) in [6.07, 6.45) is -4.56. The Morgan fingerprint density at radius 1 is 1.23 bits per heavy atom. The fourth-order valence-corrected chi connectivity index (χ4v) is 1.64. The molecule has 3 amide bonds. The van der Waals surface area contributed by atoms with Crippen LogP contribution in [0, 0.1) is 6.92 Å². The zero-order valence-electron chi connectivity index (χ0n) is 11.3. The van der Waals surface area contributed by atoms with Gasteiger partial charge in [-0.2, -0.15) is 18.3 Å². The number of anilines is 1. The van der Waals surface area contributed by atoms with E-state index in [1.807, 2.05) is 5.32 Å². The molecule has 0 radical (unpaired) electrons. The number of urea groups is 1. The summed E-state index contributed by atoms with van der Waals surface area (Å²) in [4.78, 5) is 23.3. The fraction of sp³-hybridized carbons (Fsp3) is 0.154. The standard InChI is InChI=1S/C13H11F3N4O2/c1-7-5-10(20-19-7)17-12(22)18-11(21)8-3-2-4-9(6-8)13(14,15)16/h2-6H,1H3,(H3,17,18,19,20,21,22). The van der Waals surface area contributed by atoms with Crippen molar-refractivity contribution in [1.82, 2.24) is 15.5 Å². The summed E-state index contributed by atoms with van der Waals surface area (Å²) in [5.74, 6) is -0.761. The first-order valence-corrected chi connectivity index (χ1v) is 6.07. The molecule has 0 bridgehead atoms. The van der Waals surface area contributed by atoms with E-state index in [-0.39, 0.29) is 11.4 Å². The molecule has 22 heavy (non-hydrogen) atoms. The van der Waals surface area contributed by atoms with E-state index < -0.39 is 23.7 Å². The second kappa shape index (κ2) is 5.88. The van der Waals surface area contributed by atoms with Crippen LogP contribution in [0.4, 0.5) is 23.8 Å². The average Bonchev–Trinajstić information content (AvgIpc) is 2.83. The molecule has 3 N–H and O–H groups in total. The molecule has 2 rings (SSSR count). The average molecular weight is 312 g/mol. The molecule has 0 aliphatic carbocycles. The summed E-state index contributed by atoms with van der Waals surface area (Å²) in [7, 11) is 0. The normalized spacial score (nSPS) is 11.1. The third kappa shape index (κ3) is 3.84. The summed E-state index contributed by atoms with van der Waals surface area (Å²) < 4.78 is 37.7. The molecule has 0 aliphatic rings. The van der Waals surface area contributed by atoms with E-state index >= 15 is 0 Å². The number of alkyl halides is 3. The van der Waals surface area contributed by atoms with E-state index in [4.69, 9.17) is 0 Å².